The van der Waals surface area contributed by atoms with E-state index < -0.39 is 16.0 Å². The SMILES string of the molecule is CNS(=O)(=O)NCc1ccc(/C(N)=N/O)cc1F. The topological polar surface area (TPSA) is 117 Å². The monoisotopic (exact) mass is 276 g/mol. The number of hydrogen-bond donors (Lipinski definition) is 4. The van der Waals surface area contributed by atoms with Crippen molar-refractivity contribution in [3.05, 3.63) is 35.1 Å². The molecule has 0 aliphatic rings. The molecule has 100 valence electrons. The predicted molar refractivity (Wildman–Crippen MR) is 63.7 cm³/mol. The van der Waals surface area contributed by atoms with Gasteiger partial charge in [0.05, 0.1) is 0 Å². The Morgan fingerprint density at radius 1 is 1.56 bits per heavy atom. The lowest BCUT2D eigenvalue weighted by Crippen LogP contribution is -2.33. The molecule has 0 saturated heterocycles. The molecule has 0 radical (unpaired) electrons. The highest BCUT2D eigenvalue weighted by atomic mass is 32.2. The first-order valence-electron chi connectivity index (χ1n) is 4.84. The fourth-order valence-electron chi connectivity index (χ4n) is 1.15. The number of nitrogens with one attached hydrogen (secondary N) is 2. The van der Waals surface area contributed by atoms with E-state index in [1.807, 2.05) is 4.72 Å². The third-order valence-electron chi connectivity index (χ3n) is 2.18. The molecule has 0 atom stereocenters. The molecule has 0 aromatic heterocycles. The number of oxime groups is 1. The largest absolute Gasteiger partial charge is 0.409 e. The molecule has 0 heterocycles. The minimum atomic E-state index is -3.62. The summed E-state index contributed by atoms with van der Waals surface area (Å²) in [6.07, 6.45) is 0. The zero-order valence-electron chi connectivity index (χ0n) is 9.51. The van der Waals surface area contributed by atoms with Crippen molar-refractivity contribution >= 4 is 16.0 Å². The van der Waals surface area contributed by atoms with Crippen LogP contribution in [0.15, 0.2) is 23.4 Å². The average Bonchev–Trinajstić information content (AvgIpc) is 2.36. The number of nitrogens with zero attached hydrogens (tertiary/aromatic N) is 1. The van der Waals surface area contributed by atoms with Crippen LogP contribution >= 0.6 is 0 Å². The molecule has 0 saturated carbocycles. The van der Waals surface area contributed by atoms with Gasteiger partial charge < -0.3 is 10.9 Å². The summed E-state index contributed by atoms with van der Waals surface area (Å²) < 4.78 is 39.9. The van der Waals surface area contributed by atoms with E-state index in [1.54, 1.807) is 0 Å². The zero-order valence-corrected chi connectivity index (χ0v) is 10.3. The van der Waals surface area contributed by atoms with E-state index in [1.165, 1.54) is 19.2 Å². The maximum absolute atomic E-state index is 13.6. The van der Waals surface area contributed by atoms with Crippen LogP contribution in [0, 0.1) is 5.82 Å². The van der Waals surface area contributed by atoms with Gasteiger partial charge in [-0.2, -0.15) is 13.1 Å². The predicted octanol–water partition coefficient (Wildman–Crippen LogP) is -0.526. The van der Waals surface area contributed by atoms with Crippen LogP contribution in [0.5, 0.6) is 0 Å². The van der Waals surface area contributed by atoms with Crippen molar-refractivity contribution in [2.75, 3.05) is 7.05 Å². The van der Waals surface area contributed by atoms with E-state index in [4.69, 9.17) is 10.9 Å². The standard InChI is InChI=1S/C9H13FN4O3S/c1-12-18(16,17)13-5-7-3-2-6(4-8(7)10)9(11)14-15/h2-4,12-13,15H,5H2,1H3,(H2,11,14). The van der Waals surface area contributed by atoms with Gasteiger partial charge in [-0.15, -0.1) is 0 Å². The van der Waals surface area contributed by atoms with E-state index in [-0.39, 0.29) is 23.5 Å². The Labute approximate surface area is 104 Å². The van der Waals surface area contributed by atoms with E-state index in [0.29, 0.717) is 0 Å². The molecule has 0 fully saturated rings. The van der Waals surface area contributed by atoms with Crippen molar-refractivity contribution in [2.24, 2.45) is 10.9 Å². The maximum atomic E-state index is 13.6. The molecule has 0 aliphatic carbocycles. The Balaban J connectivity index is 2.87. The van der Waals surface area contributed by atoms with E-state index in [2.05, 4.69) is 9.88 Å². The summed E-state index contributed by atoms with van der Waals surface area (Å²) in [5.74, 6) is -0.880. The van der Waals surface area contributed by atoms with Crippen molar-refractivity contribution in [1.29, 1.82) is 0 Å². The van der Waals surface area contributed by atoms with Crippen LogP contribution in [0.2, 0.25) is 0 Å². The number of benzene rings is 1. The summed E-state index contributed by atoms with van der Waals surface area (Å²) in [7, 11) is -2.38. The second-order valence-corrected chi connectivity index (χ2v) is 5.02. The summed E-state index contributed by atoms with van der Waals surface area (Å²) in [5.41, 5.74) is 5.64. The molecule has 0 amide bonds. The van der Waals surface area contributed by atoms with E-state index >= 15 is 0 Å². The first-order chi connectivity index (χ1) is 8.39. The van der Waals surface area contributed by atoms with Crippen LogP contribution in [0.4, 0.5) is 4.39 Å². The molecule has 0 unspecified atom stereocenters. The highest BCUT2D eigenvalue weighted by molar-refractivity contribution is 7.87. The highest BCUT2D eigenvalue weighted by Gasteiger charge is 2.10. The number of nitrogens with two attached hydrogens (primary N) is 1. The van der Waals surface area contributed by atoms with Crippen molar-refractivity contribution in [3.8, 4) is 0 Å². The van der Waals surface area contributed by atoms with Crippen molar-refractivity contribution in [3.63, 3.8) is 0 Å². The van der Waals surface area contributed by atoms with Crippen LogP contribution in [0.1, 0.15) is 11.1 Å². The first kappa shape index (κ1) is 14.4. The van der Waals surface area contributed by atoms with Crippen LogP contribution in [-0.4, -0.2) is 26.5 Å². The third kappa shape index (κ3) is 3.65. The highest BCUT2D eigenvalue weighted by Crippen LogP contribution is 2.10. The molecule has 1 aromatic rings. The van der Waals surface area contributed by atoms with Crippen LogP contribution in [-0.2, 0) is 16.8 Å². The second-order valence-electron chi connectivity index (χ2n) is 3.32. The first-order valence-corrected chi connectivity index (χ1v) is 6.32. The molecule has 1 aromatic carbocycles. The van der Waals surface area contributed by atoms with E-state index in [0.717, 1.165) is 6.07 Å². The van der Waals surface area contributed by atoms with Gasteiger partial charge in [-0.25, -0.2) is 9.11 Å². The lowest BCUT2D eigenvalue weighted by molar-refractivity contribution is 0.318. The molecule has 18 heavy (non-hydrogen) atoms. The van der Waals surface area contributed by atoms with Gasteiger partial charge in [-0.05, 0) is 6.07 Å². The van der Waals surface area contributed by atoms with Crippen LogP contribution in [0.3, 0.4) is 0 Å². The van der Waals surface area contributed by atoms with Gasteiger partial charge in [0, 0.05) is 24.7 Å². The Kier molecular flexibility index (Phi) is 4.59. The molecule has 1 rings (SSSR count). The van der Waals surface area contributed by atoms with Crippen molar-refractivity contribution in [2.45, 2.75) is 6.54 Å². The van der Waals surface area contributed by atoms with Crippen molar-refractivity contribution < 1.29 is 18.0 Å². The van der Waals surface area contributed by atoms with Crippen LogP contribution in [0.25, 0.3) is 0 Å². The molecule has 7 nitrogen and oxygen atoms in total. The molecular weight excluding hydrogens is 263 g/mol. The van der Waals surface area contributed by atoms with Gasteiger partial charge >= 0.3 is 0 Å². The summed E-state index contributed by atoms with van der Waals surface area (Å²) in [5, 5.41) is 11.2. The van der Waals surface area contributed by atoms with Gasteiger partial charge in [-0.1, -0.05) is 17.3 Å². The van der Waals surface area contributed by atoms with E-state index in [9.17, 15) is 12.8 Å². The molecule has 5 N–H and O–H groups in total. The quantitative estimate of drug-likeness (QED) is 0.250. The fraction of sp³-hybridized carbons (Fsp3) is 0.222. The minimum absolute atomic E-state index is 0.142. The average molecular weight is 276 g/mol. The lowest BCUT2D eigenvalue weighted by Gasteiger charge is -2.07. The van der Waals surface area contributed by atoms with Gasteiger partial charge in [-0.3, -0.25) is 0 Å². The number of amidine groups is 1. The lowest BCUT2D eigenvalue weighted by atomic mass is 10.1. The molecule has 0 bridgehead atoms. The molecule has 0 aliphatic heterocycles. The summed E-state index contributed by atoms with van der Waals surface area (Å²) in [4.78, 5) is 0. The summed E-state index contributed by atoms with van der Waals surface area (Å²) in [6.45, 7) is -0.203. The number of hydrogen-bond acceptors (Lipinski definition) is 4. The van der Waals surface area contributed by atoms with Crippen LogP contribution < -0.4 is 15.2 Å². The summed E-state index contributed by atoms with van der Waals surface area (Å²) in [6, 6.07) is 3.82. The normalized spacial score (nSPS) is 12.7. The van der Waals surface area contributed by atoms with Crippen molar-refractivity contribution in [1.82, 2.24) is 9.44 Å². The van der Waals surface area contributed by atoms with Gasteiger partial charge in [0.25, 0.3) is 10.2 Å². The second kappa shape index (κ2) is 5.76. The zero-order chi connectivity index (χ0) is 13.8. The van der Waals surface area contributed by atoms with Gasteiger partial charge in [0.2, 0.25) is 0 Å². The summed E-state index contributed by atoms with van der Waals surface area (Å²) >= 11 is 0. The Bertz CT molecular complexity index is 559. The Morgan fingerprint density at radius 2 is 2.22 bits per heavy atom. The fourth-order valence-corrected chi connectivity index (χ4v) is 1.64. The number of rotatable bonds is 5. The molecule has 0 spiro atoms. The van der Waals surface area contributed by atoms with Gasteiger partial charge in [0.15, 0.2) is 5.84 Å². The van der Waals surface area contributed by atoms with Gasteiger partial charge in [0.1, 0.15) is 5.82 Å². The number of halogens is 1. The maximum Gasteiger partial charge on any atom is 0.276 e. The third-order valence-corrected chi connectivity index (χ3v) is 3.24. The smallest absolute Gasteiger partial charge is 0.276 e. The molecule has 9 heteroatoms. The Hall–Kier alpha value is -1.71. The Morgan fingerprint density at radius 3 is 2.72 bits per heavy atom. The minimum Gasteiger partial charge on any atom is -0.409 e. The molecular formula is C9H13FN4O3S.